The average molecular weight is 290 g/mol. The van der Waals surface area contributed by atoms with Crippen molar-refractivity contribution >= 4 is 39.2 Å². The molecule has 104 valence electrons. The van der Waals surface area contributed by atoms with Crippen LogP contribution in [0.25, 0.3) is 10.2 Å². The third-order valence-electron chi connectivity index (χ3n) is 3.38. The molecule has 0 bridgehead atoms. The first-order valence-electron chi connectivity index (χ1n) is 6.41. The second-order valence-electron chi connectivity index (χ2n) is 4.67. The highest BCUT2D eigenvalue weighted by atomic mass is 32.1. The summed E-state index contributed by atoms with van der Waals surface area (Å²) < 4.78 is 0. The van der Waals surface area contributed by atoms with E-state index in [1.54, 1.807) is 0 Å². The number of hydrogen-bond acceptors (Lipinski definition) is 6. The predicted molar refractivity (Wildman–Crippen MR) is 76.6 cm³/mol. The first kappa shape index (κ1) is 13.0. The molecule has 0 unspecified atom stereocenters. The molecule has 2 amide bonds. The van der Waals surface area contributed by atoms with Crippen molar-refractivity contribution < 1.29 is 9.59 Å². The van der Waals surface area contributed by atoms with Crippen LogP contribution in [0.15, 0.2) is 11.4 Å². The van der Waals surface area contributed by atoms with Crippen LogP contribution in [-0.4, -0.2) is 39.8 Å². The van der Waals surface area contributed by atoms with Gasteiger partial charge in [0.05, 0.1) is 11.8 Å². The van der Waals surface area contributed by atoms with E-state index in [1.807, 2.05) is 18.4 Å². The standard InChI is InChI=1S/C13H14N4O2S/c1-3-9-15-11(7-4-5-20-12(7)16-9)14-8-6-10(18)17(2)13(8)19/h4-5,8H,3,6H2,1-2H3,(H,14,15,16)/t8-/m0/s1. The van der Waals surface area contributed by atoms with E-state index in [1.165, 1.54) is 18.4 Å². The molecule has 1 saturated heterocycles. The molecule has 1 atom stereocenters. The van der Waals surface area contributed by atoms with Gasteiger partial charge in [0.1, 0.15) is 22.5 Å². The highest BCUT2D eigenvalue weighted by Gasteiger charge is 2.36. The van der Waals surface area contributed by atoms with Crippen molar-refractivity contribution in [2.24, 2.45) is 0 Å². The minimum Gasteiger partial charge on any atom is -0.357 e. The molecular weight excluding hydrogens is 276 g/mol. The van der Waals surface area contributed by atoms with Gasteiger partial charge in [0.25, 0.3) is 5.91 Å². The Hall–Kier alpha value is -2.02. The molecule has 0 aliphatic carbocycles. The quantitative estimate of drug-likeness (QED) is 0.865. The lowest BCUT2D eigenvalue weighted by atomic mass is 10.2. The molecule has 3 rings (SSSR count). The van der Waals surface area contributed by atoms with Crippen LogP contribution in [0.3, 0.4) is 0 Å². The maximum absolute atomic E-state index is 12.0. The van der Waals surface area contributed by atoms with Crippen molar-refractivity contribution in [3.8, 4) is 0 Å². The fourth-order valence-electron chi connectivity index (χ4n) is 2.20. The zero-order chi connectivity index (χ0) is 14.3. The summed E-state index contributed by atoms with van der Waals surface area (Å²) in [4.78, 5) is 34.4. The summed E-state index contributed by atoms with van der Waals surface area (Å²) in [5.41, 5.74) is 0. The molecule has 0 spiro atoms. The van der Waals surface area contributed by atoms with Gasteiger partial charge in [-0.3, -0.25) is 14.5 Å². The summed E-state index contributed by atoms with van der Waals surface area (Å²) in [5, 5.41) is 5.93. The lowest BCUT2D eigenvalue weighted by molar-refractivity contribution is -0.136. The Balaban J connectivity index is 1.96. The molecular formula is C13H14N4O2S. The molecule has 7 heteroatoms. The van der Waals surface area contributed by atoms with Gasteiger partial charge in [-0.1, -0.05) is 6.92 Å². The van der Waals surface area contributed by atoms with Crippen molar-refractivity contribution in [1.29, 1.82) is 0 Å². The summed E-state index contributed by atoms with van der Waals surface area (Å²) in [6.07, 6.45) is 0.895. The van der Waals surface area contributed by atoms with E-state index in [9.17, 15) is 9.59 Å². The molecule has 0 radical (unpaired) electrons. The van der Waals surface area contributed by atoms with E-state index in [0.717, 1.165) is 27.4 Å². The van der Waals surface area contributed by atoms with Crippen LogP contribution in [0.2, 0.25) is 0 Å². The maximum atomic E-state index is 12.0. The van der Waals surface area contributed by atoms with Crippen LogP contribution in [0, 0.1) is 0 Å². The van der Waals surface area contributed by atoms with E-state index < -0.39 is 6.04 Å². The van der Waals surface area contributed by atoms with Crippen LogP contribution < -0.4 is 5.32 Å². The van der Waals surface area contributed by atoms with Crippen molar-refractivity contribution in [3.63, 3.8) is 0 Å². The number of hydrogen-bond donors (Lipinski definition) is 1. The Morgan fingerprint density at radius 3 is 2.90 bits per heavy atom. The molecule has 1 fully saturated rings. The number of likely N-dealkylation sites (tertiary alicyclic amines) is 1. The smallest absolute Gasteiger partial charge is 0.251 e. The number of carbonyl (C=O) groups excluding carboxylic acids is 2. The van der Waals surface area contributed by atoms with Gasteiger partial charge in [-0.25, -0.2) is 9.97 Å². The van der Waals surface area contributed by atoms with E-state index in [0.29, 0.717) is 5.82 Å². The summed E-state index contributed by atoms with van der Waals surface area (Å²) in [7, 11) is 1.50. The summed E-state index contributed by atoms with van der Waals surface area (Å²) in [6, 6.07) is 1.39. The van der Waals surface area contributed by atoms with Crippen molar-refractivity contribution in [2.45, 2.75) is 25.8 Å². The highest BCUT2D eigenvalue weighted by Crippen LogP contribution is 2.27. The predicted octanol–water partition coefficient (Wildman–Crippen LogP) is 1.42. The van der Waals surface area contributed by atoms with Crippen LogP contribution >= 0.6 is 11.3 Å². The first-order chi connectivity index (χ1) is 9.60. The minimum atomic E-state index is -0.532. The molecule has 2 aromatic heterocycles. The molecule has 1 aliphatic heterocycles. The number of fused-ring (bicyclic) bond motifs is 1. The fraction of sp³-hybridized carbons (Fsp3) is 0.385. The van der Waals surface area contributed by atoms with Crippen molar-refractivity contribution in [1.82, 2.24) is 14.9 Å². The van der Waals surface area contributed by atoms with Crippen molar-refractivity contribution in [3.05, 3.63) is 17.3 Å². The second kappa shape index (κ2) is 4.82. The highest BCUT2D eigenvalue weighted by molar-refractivity contribution is 7.16. The Morgan fingerprint density at radius 1 is 1.45 bits per heavy atom. The van der Waals surface area contributed by atoms with Gasteiger partial charge in [0, 0.05) is 13.5 Å². The van der Waals surface area contributed by atoms with Crippen LogP contribution in [-0.2, 0) is 16.0 Å². The summed E-state index contributed by atoms with van der Waals surface area (Å²) in [5.74, 6) is 0.982. The van der Waals surface area contributed by atoms with Gasteiger partial charge in [-0.05, 0) is 11.4 Å². The van der Waals surface area contributed by atoms with E-state index in [2.05, 4.69) is 15.3 Å². The molecule has 6 nitrogen and oxygen atoms in total. The number of nitrogens with zero attached hydrogens (tertiary/aromatic N) is 3. The molecule has 0 saturated carbocycles. The number of nitrogens with one attached hydrogen (secondary N) is 1. The number of anilines is 1. The first-order valence-corrected chi connectivity index (χ1v) is 7.29. The van der Waals surface area contributed by atoms with Gasteiger partial charge < -0.3 is 5.32 Å². The van der Waals surface area contributed by atoms with Gasteiger partial charge in [-0.15, -0.1) is 11.3 Å². The van der Waals surface area contributed by atoms with Crippen LogP contribution in [0.1, 0.15) is 19.2 Å². The molecule has 0 aromatic carbocycles. The second-order valence-corrected chi connectivity index (χ2v) is 5.57. The Morgan fingerprint density at radius 2 is 2.25 bits per heavy atom. The fourth-order valence-corrected chi connectivity index (χ4v) is 2.98. The van der Waals surface area contributed by atoms with E-state index in [4.69, 9.17) is 0 Å². The lowest BCUT2D eigenvalue weighted by Gasteiger charge is -2.13. The van der Waals surface area contributed by atoms with Crippen molar-refractivity contribution in [2.75, 3.05) is 12.4 Å². The third kappa shape index (κ3) is 2.03. The molecule has 1 N–H and O–H groups in total. The Labute approximate surface area is 119 Å². The monoisotopic (exact) mass is 290 g/mol. The molecule has 1 aliphatic rings. The topological polar surface area (TPSA) is 75.2 Å². The van der Waals surface area contributed by atoms with Crippen LogP contribution in [0.4, 0.5) is 5.82 Å². The number of carbonyl (C=O) groups is 2. The summed E-state index contributed by atoms with van der Waals surface area (Å²) in [6.45, 7) is 1.98. The largest absolute Gasteiger partial charge is 0.357 e. The van der Waals surface area contributed by atoms with Gasteiger partial charge >= 0.3 is 0 Å². The number of imide groups is 1. The minimum absolute atomic E-state index is 0.168. The van der Waals surface area contributed by atoms with E-state index >= 15 is 0 Å². The number of likely N-dealkylation sites (N-methyl/N-ethyl adjacent to an activating group) is 1. The normalized spacial score (nSPS) is 19.1. The molecule has 20 heavy (non-hydrogen) atoms. The number of aromatic nitrogens is 2. The van der Waals surface area contributed by atoms with Gasteiger partial charge in [0.15, 0.2) is 0 Å². The molecule has 3 heterocycles. The maximum Gasteiger partial charge on any atom is 0.251 e. The Kier molecular flexibility index (Phi) is 3.13. The number of aryl methyl sites for hydroxylation is 1. The SMILES string of the molecule is CCc1nc(N[C@H]2CC(=O)N(C)C2=O)c2ccsc2n1. The zero-order valence-corrected chi connectivity index (χ0v) is 12.0. The van der Waals surface area contributed by atoms with E-state index in [-0.39, 0.29) is 18.2 Å². The van der Waals surface area contributed by atoms with Crippen LogP contribution in [0.5, 0.6) is 0 Å². The average Bonchev–Trinajstić information content (AvgIpc) is 3.00. The Bertz CT molecular complexity index is 697. The number of amides is 2. The summed E-state index contributed by atoms with van der Waals surface area (Å²) >= 11 is 1.54. The van der Waals surface area contributed by atoms with Gasteiger partial charge in [0.2, 0.25) is 5.91 Å². The lowest BCUT2D eigenvalue weighted by Crippen LogP contribution is -2.32. The third-order valence-corrected chi connectivity index (χ3v) is 4.19. The number of thiophene rings is 1. The number of rotatable bonds is 3. The zero-order valence-electron chi connectivity index (χ0n) is 11.2. The molecule has 2 aromatic rings. The van der Waals surface area contributed by atoms with Gasteiger partial charge in [-0.2, -0.15) is 0 Å².